The minimum absolute atomic E-state index is 0.147. The lowest BCUT2D eigenvalue weighted by atomic mass is 10.0. The van der Waals surface area contributed by atoms with Crippen molar-refractivity contribution in [3.05, 3.63) is 34.9 Å². The van der Waals surface area contributed by atoms with Crippen molar-refractivity contribution < 1.29 is 29.3 Å². The van der Waals surface area contributed by atoms with Gasteiger partial charge in [0.15, 0.2) is 0 Å². The molecule has 0 aliphatic heterocycles. The summed E-state index contributed by atoms with van der Waals surface area (Å²) in [6.45, 7) is 2.42. The van der Waals surface area contributed by atoms with Crippen LogP contribution in [0, 0.1) is 0 Å². The number of ether oxygens (including phenoxy) is 1. The van der Waals surface area contributed by atoms with Crippen LogP contribution in [0.25, 0.3) is 0 Å². The Bertz CT molecular complexity index is 638. The Kier molecular flexibility index (Phi) is 11.6. The first-order valence-electron chi connectivity index (χ1n) is 10.2. The molecule has 0 saturated heterocycles. The quantitative estimate of drug-likeness (QED) is 0.300. The molecular formula is C22H32O6. The first kappa shape index (κ1) is 23.7. The van der Waals surface area contributed by atoms with Gasteiger partial charge in [-0.25, -0.2) is 14.4 Å². The number of aromatic carboxylic acids is 2. The number of hydrogen-bond acceptors (Lipinski definition) is 4. The number of rotatable bonds is 15. The van der Waals surface area contributed by atoms with Crippen molar-refractivity contribution in [1.29, 1.82) is 0 Å². The molecule has 0 fully saturated rings. The summed E-state index contributed by atoms with van der Waals surface area (Å²) in [5.41, 5.74) is -0.629. The summed E-state index contributed by atoms with van der Waals surface area (Å²) in [6, 6.07) is 3.33. The van der Waals surface area contributed by atoms with E-state index in [0.29, 0.717) is 6.42 Å². The molecule has 1 rings (SSSR count). The maximum atomic E-state index is 12.1. The second-order valence-corrected chi connectivity index (χ2v) is 7.04. The van der Waals surface area contributed by atoms with E-state index in [2.05, 4.69) is 6.92 Å². The van der Waals surface area contributed by atoms with Crippen LogP contribution in [0.2, 0.25) is 0 Å². The molecular weight excluding hydrogens is 360 g/mol. The summed E-state index contributed by atoms with van der Waals surface area (Å²) in [5.74, 6) is -3.32. The van der Waals surface area contributed by atoms with Crippen LogP contribution in [0.3, 0.4) is 0 Å². The molecule has 0 unspecified atom stereocenters. The number of carboxylic acid groups (broad SMARTS) is 2. The predicted molar refractivity (Wildman–Crippen MR) is 107 cm³/mol. The van der Waals surface area contributed by atoms with Crippen molar-refractivity contribution in [1.82, 2.24) is 0 Å². The highest BCUT2D eigenvalue weighted by Gasteiger charge is 2.20. The van der Waals surface area contributed by atoms with E-state index in [1.165, 1.54) is 51.4 Å². The highest BCUT2D eigenvalue weighted by Crippen LogP contribution is 2.15. The second kappa shape index (κ2) is 13.7. The summed E-state index contributed by atoms with van der Waals surface area (Å²) < 4.78 is 5.14. The Morgan fingerprint density at radius 2 is 1.29 bits per heavy atom. The topological polar surface area (TPSA) is 101 Å². The number of carboxylic acids is 2. The summed E-state index contributed by atoms with van der Waals surface area (Å²) in [7, 11) is 0. The highest BCUT2D eigenvalue weighted by atomic mass is 16.5. The van der Waals surface area contributed by atoms with Crippen molar-refractivity contribution >= 4 is 17.9 Å². The number of unbranched alkanes of at least 4 members (excludes halogenated alkanes) is 10. The fraction of sp³-hybridized carbons (Fsp3) is 0.591. The lowest BCUT2D eigenvalue weighted by molar-refractivity contribution is 0.0487. The smallest absolute Gasteiger partial charge is 0.339 e. The highest BCUT2D eigenvalue weighted by molar-refractivity contribution is 6.04. The molecule has 0 spiro atoms. The van der Waals surface area contributed by atoms with Gasteiger partial charge in [-0.15, -0.1) is 0 Å². The van der Waals surface area contributed by atoms with E-state index >= 15 is 0 Å². The van der Waals surface area contributed by atoms with Crippen molar-refractivity contribution in [3.8, 4) is 0 Å². The molecule has 0 heterocycles. The summed E-state index contributed by atoms with van der Waals surface area (Å²) in [5, 5.41) is 18.2. The average Bonchev–Trinajstić information content (AvgIpc) is 2.68. The number of hydrogen-bond donors (Lipinski definition) is 2. The SMILES string of the molecule is CCCCCCCCCCCCCOC(=O)c1cc(C(=O)O)ccc1C(=O)O. The molecule has 0 amide bonds. The average molecular weight is 392 g/mol. The van der Waals surface area contributed by atoms with Crippen molar-refractivity contribution in [2.24, 2.45) is 0 Å². The van der Waals surface area contributed by atoms with Gasteiger partial charge in [0.1, 0.15) is 0 Å². The van der Waals surface area contributed by atoms with Gasteiger partial charge < -0.3 is 14.9 Å². The Morgan fingerprint density at radius 3 is 1.79 bits per heavy atom. The molecule has 1 aromatic carbocycles. The minimum Gasteiger partial charge on any atom is -0.478 e. The zero-order chi connectivity index (χ0) is 20.8. The van der Waals surface area contributed by atoms with E-state index in [9.17, 15) is 14.4 Å². The van der Waals surface area contributed by atoms with Gasteiger partial charge in [0.2, 0.25) is 0 Å². The lowest BCUT2D eigenvalue weighted by Gasteiger charge is -2.08. The van der Waals surface area contributed by atoms with Crippen molar-refractivity contribution in [2.75, 3.05) is 6.61 Å². The van der Waals surface area contributed by atoms with Crippen molar-refractivity contribution in [2.45, 2.75) is 77.6 Å². The Labute approximate surface area is 166 Å². The summed E-state index contributed by atoms with van der Waals surface area (Å²) in [6.07, 6.45) is 13.0. The van der Waals surface area contributed by atoms with Crippen LogP contribution in [0.5, 0.6) is 0 Å². The Balaban J connectivity index is 2.26. The molecule has 0 saturated carbocycles. The fourth-order valence-corrected chi connectivity index (χ4v) is 3.04. The normalized spacial score (nSPS) is 10.6. The molecule has 6 nitrogen and oxygen atoms in total. The molecule has 0 aliphatic rings. The van der Waals surface area contributed by atoms with E-state index in [4.69, 9.17) is 14.9 Å². The van der Waals surface area contributed by atoms with Crippen LogP contribution in [0.4, 0.5) is 0 Å². The molecule has 28 heavy (non-hydrogen) atoms. The van der Waals surface area contributed by atoms with E-state index in [-0.39, 0.29) is 23.3 Å². The summed E-state index contributed by atoms with van der Waals surface area (Å²) in [4.78, 5) is 34.4. The minimum atomic E-state index is -1.29. The van der Waals surface area contributed by atoms with Crippen LogP contribution < -0.4 is 0 Å². The summed E-state index contributed by atoms with van der Waals surface area (Å²) >= 11 is 0. The molecule has 6 heteroatoms. The van der Waals surface area contributed by atoms with Gasteiger partial charge in [-0.2, -0.15) is 0 Å². The van der Waals surface area contributed by atoms with Gasteiger partial charge in [-0.3, -0.25) is 0 Å². The molecule has 0 aliphatic carbocycles. The molecule has 0 aromatic heterocycles. The third-order valence-corrected chi connectivity index (χ3v) is 4.70. The standard InChI is InChI=1S/C22H32O6/c1-2-3-4-5-6-7-8-9-10-11-12-15-28-22(27)19-16-17(20(23)24)13-14-18(19)21(25)26/h13-14,16H,2-12,15H2,1H3,(H,23,24)(H,25,26). The second-order valence-electron chi connectivity index (χ2n) is 7.04. The fourth-order valence-electron chi connectivity index (χ4n) is 3.04. The van der Waals surface area contributed by atoms with Gasteiger partial charge in [-0.05, 0) is 24.6 Å². The first-order chi connectivity index (χ1) is 13.5. The van der Waals surface area contributed by atoms with Crippen LogP contribution in [-0.2, 0) is 4.74 Å². The van der Waals surface area contributed by atoms with Crippen LogP contribution in [0.1, 0.15) is 109 Å². The Morgan fingerprint density at radius 1 is 0.750 bits per heavy atom. The number of carbonyl (C=O) groups excluding carboxylic acids is 1. The van der Waals surface area contributed by atoms with Gasteiger partial charge >= 0.3 is 17.9 Å². The predicted octanol–water partition coefficient (Wildman–Crippen LogP) is 5.55. The Hall–Kier alpha value is -2.37. The molecule has 2 N–H and O–H groups in total. The molecule has 0 atom stereocenters. The molecule has 1 aromatic rings. The van der Waals surface area contributed by atoms with Crippen LogP contribution in [-0.4, -0.2) is 34.7 Å². The number of carbonyl (C=O) groups is 3. The number of esters is 1. The van der Waals surface area contributed by atoms with E-state index < -0.39 is 17.9 Å². The van der Waals surface area contributed by atoms with Gasteiger partial charge in [0.05, 0.1) is 23.3 Å². The molecule has 0 radical (unpaired) electrons. The largest absolute Gasteiger partial charge is 0.478 e. The molecule has 156 valence electrons. The van der Waals surface area contributed by atoms with Gasteiger partial charge in [0.25, 0.3) is 0 Å². The van der Waals surface area contributed by atoms with Crippen molar-refractivity contribution in [3.63, 3.8) is 0 Å². The first-order valence-corrected chi connectivity index (χ1v) is 10.2. The monoisotopic (exact) mass is 392 g/mol. The lowest BCUT2D eigenvalue weighted by Crippen LogP contribution is -2.14. The van der Waals surface area contributed by atoms with Gasteiger partial charge in [0, 0.05) is 0 Å². The molecule has 0 bridgehead atoms. The number of benzene rings is 1. The zero-order valence-electron chi connectivity index (χ0n) is 16.7. The maximum absolute atomic E-state index is 12.1. The maximum Gasteiger partial charge on any atom is 0.339 e. The van der Waals surface area contributed by atoms with Gasteiger partial charge in [-0.1, -0.05) is 71.1 Å². The van der Waals surface area contributed by atoms with Crippen LogP contribution >= 0.6 is 0 Å². The zero-order valence-corrected chi connectivity index (χ0v) is 16.7. The van der Waals surface area contributed by atoms with E-state index in [1.807, 2.05) is 0 Å². The third-order valence-electron chi connectivity index (χ3n) is 4.70. The third kappa shape index (κ3) is 9.02. The van der Waals surface area contributed by atoms with Crippen LogP contribution in [0.15, 0.2) is 18.2 Å². The van der Waals surface area contributed by atoms with E-state index in [0.717, 1.165) is 31.0 Å². The van der Waals surface area contributed by atoms with E-state index in [1.54, 1.807) is 0 Å².